The summed E-state index contributed by atoms with van der Waals surface area (Å²) in [5.74, 6) is -0.932. The van der Waals surface area contributed by atoms with E-state index in [0.29, 0.717) is 25.3 Å². The third-order valence-corrected chi connectivity index (χ3v) is 3.77. The Morgan fingerprint density at radius 3 is 2.67 bits per heavy atom. The molecule has 0 fully saturated rings. The molecule has 144 valence electrons. The quantitative estimate of drug-likeness (QED) is 0.322. The highest BCUT2D eigenvalue weighted by Gasteiger charge is 2.12. The normalized spacial score (nSPS) is 11.1. The van der Waals surface area contributed by atoms with E-state index in [-0.39, 0.29) is 6.10 Å². The van der Waals surface area contributed by atoms with Crippen LogP contribution in [0.3, 0.4) is 0 Å². The lowest BCUT2D eigenvalue weighted by Crippen LogP contribution is -2.38. The Labute approximate surface area is 158 Å². The molecule has 0 saturated heterocycles. The summed E-state index contributed by atoms with van der Waals surface area (Å²) in [6, 6.07) is 11.5. The van der Waals surface area contributed by atoms with Gasteiger partial charge in [0.05, 0.1) is 19.4 Å². The average Bonchev–Trinajstić information content (AvgIpc) is 2.67. The maximum absolute atomic E-state index is 11.8. The van der Waals surface area contributed by atoms with E-state index in [0.717, 1.165) is 16.3 Å². The van der Waals surface area contributed by atoms with Crippen LogP contribution in [-0.2, 0) is 14.3 Å². The highest BCUT2D eigenvalue weighted by Crippen LogP contribution is 2.26. The molecular formula is C20H25N3O4. The second-order valence-corrected chi connectivity index (χ2v) is 6.13. The van der Waals surface area contributed by atoms with Crippen molar-refractivity contribution in [3.8, 4) is 5.75 Å². The molecule has 0 saturated carbocycles. The monoisotopic (exact) mass is 371 g/mol. The number of ether oxygens (including phenoxy) is 2. The summed E-state index contributed by atoms with van der Waals surface area (Å²) in [6.07, 6.45) is 2.25. The van der Waals surface area contributed by atoms with Crippen molar-refractivity contribution in [2.75, 3.05) is 20.3 Å². The first-order valence-electron chi connectivity index (χ1n) is 8.81. The predicted molar refractivity (Wildman–Crippen MR) is 105 cm³/mol. The molecule has 2 aromatic carbocycles. The number of fused-ring (bicyclic) bond motifs is 1. The Morgan fingerprint density at radius 2 is 1.93 bits per heavy atom. The van der Waals surface area contributed by atoms with Crippen molar-refractivity contribution in [2.24, 2.45) is 5.10 Å². The molecule has 7 nitrogen and oxygen atoms in total. The van der Waals surface area contributed by atoms with Gasteiger partial charge in [-0.3, -0.25) is 9.59 Å². The average molecular weight is 371 g/mol. The van der Waals surface area contributed by atoms with Crippen LogP contribution in [0.2, 0.25) is 0 Å². The van der Waals surface area contributed by atoms with Crippen LogP contribution in [0.1, 0.15) is 25.8 Å². The smallest absolute Gasteiger partial charge is 0.329 e. The summed E-state index contributed by atoms with van der Waals surface area (Å²) in [5.41, 5.74) is 2.96. The first kappa shape index (κ1) is 20.4. The number of benzene rings is 2. The maximum Gasteiger partial charge on any atom is 0.329 e. The minimum Gasteiger partial charge on any atom is -0.496 e. The van der Waals surface area contributed by atoms with Gasteiger partial charge in [-0.05, 0) is 37.1 Å². The summed E-state index contributed by atoms with van der Waals surface area (Å²) in [4.78, 5) is 23.6. The van der Waals surface area contributed by atoms with Gasteiger partial charge >= 0.3 is 11.8 Å². The van der Waals surface area contributed by atoms with E-state index < -0.39 is 11.8 Å². The Balaban J connectivity index is 1.92. The lowest BCUT2D eigenvalue weighted by Gasteiger charge is -2.08. The fourth-order valence-corrected chi connectivity index (χ4v) is 2.47. The van der Waals surface area contributed by atoms with Crippen molar-refractivity contribution in [1.29, 1.82) is 0 Å². The fourth-order valence-electron chi connectivity index (χ4n) is 2.47. The summed E-state index contributed by atoms with van der Waals surface area (Å²) in [7, 11) is 1.57. The van der Waals surface area contributed by atoms with Gasteiger partial charge in [-0.1, -0.05) is 30.3 Å². The van der Waals surface area contributed by atoms with Gasteiger partial charge in [0.25, 0.3) is 0 Å². The van der Waals surface area contributed by atoms with E-state index in [1.165, 1.54) is 6.21 Å². The zero-order chi connectivity index (χ0) is 19.6. The van der Waals surface area contributed by atoms with Crippen molar-refractivity contribution in [3.63, 3.8) is 0 Å². The van der Waals surface area contributed by atoms with E-state index in [4.69, 9.17) is 9.47 Å². The summed E-state index contributed by atoms with van der Waals surface area (Å²) in [6.45, 7) is 4.77. The topological polar surface area (TPSA) is 89.0 Å². The second kappa shape index (κ2) is 10.3. The van der Waals surface area contributed by atoms with Gasteiger partial charge in [-0.25, -0.2) is 5.43 Å². The molecular weight excluding hydrogens is 346 g/mol. The van der Waals surface area contributed by atoms with Crippen molar-refractivity contribution in [3.05, 3.63) is 42.0 Å². The number of methoxy groups -OCH3 is 1. The highest BCUT2D eigenvalue weighted by atomic mass is 16.5. The van der Waals surface area contributed by atoms with Gasteiger partial charge < -0.3 is 14.8 Å². The third-order valence-electron chi connectivity index (χ3n) is 3.77. The van der Waals surface area contributed by atoms with E-state index in [1.807, 2.05) is 50.2 Å². The number of hydrogen-bond donors (Lipinski definition) is 2. The molecule has 2 aromatic rings. The number of nitrogens with zero attached hydrogens (tertiary/aromatic N) is 1. The number of rotatable bonds is 8. The van der Waals surface area contributed by atoms with E-state index in [1.54, 1.807) is 7.11 Å². The van der Waals surface area contributed by atoms with Crippen LogP contribution in [0.5, 0.6) is 5.75 Å². The Morgan fingerprint density at radius 1 is 1.15 bits per heavy atom. The number of carbonyl (C=O) groups is 2. The minimum absolute atomic E-state index is 0.143. The predicted octanol–water partition coefficient (Wildman–Crippen LogP) is 2.23. The molecule has 0 radical (unpaired) electrons. The highest BCUT2D eigenvalue weighted by molar-refractivity contribution is 6.35. The summed E-state index contributed by atoms with van der Waals surface area (Å²) >= 11 is 0. The van der Waals surface area contributed by atoms with Gasteiger partial charge in [0.1, 0.15) is 5.75 Å². The van der Waals surface area contributed by atoms with Gasteiger partial charge in [0.2, 0.25) is 0 Å². The molecule has 0 aliphatic carbocycles. The summed E-state index contributed by atoms with van der Waals surface area (Å²) < 4.78 is 10.7. The van der Waals surface area contributed by atoms with E-state index in [2.05, 4.69) is 15.8 Å². The van der Waals surface area contributed by atoms with Gasteiger partial charge in [0, 0.05) is 18.7 Å². The van der Waals surface area contributed by atoms with Crippen LogP contribution >= 0.6 is 0 Å². The Hall–Kier alpha value is -2.93. The molecule has 0 aliphatic rings. The molecule has 27 heavy (non-hydrogen) atoms. The second-order valence-electron chi connectivity index (χ2n) is 6.13. The minimum atomic E-state index is -0.824. The SMILES string of the molecule is COc1ccc2ccccc2c1/C=N\NC(=O)C(=O)NCCCOC(C)C. The van der Waals surface area contributed by atoms with Gasteiger partial charge in [-0.2, -0.15) is 5.10 Å². The van der Waals surface area contributed by atoms with Gasteiger partial charge in [-0.15, -0.1) is 0 Å². The summed E-state index contributed by atoms with van der Waals surface area (Å²) in [5, 5.41) is 8.38. The van der Waals surface area contributed by atoms with Crippen LogP contribution in [-0.4, -0.2) is 44.4 Å². The molecule has 0 aliphatic heterocycles. The standard InChI is InChI=1S/C20H25N3O4/c1-14(2)27-12-6-11-21-19(24)20(25)23-22-13-17-16-8-5-4-7-15(16)9-10-18(17)26-3/h4-5,7-10,13-14H,6,11-12H2,1-3H3,(H,21,24)(H,23,25)/b22-13-. The van der Waals surface area contributed by atoms with Crippen LogP contribution in [0.4, 0.5) is 0 Å². The molecule has 0 unspecified atom stereocenters. The van der Waals surface area contributed by atoms with Crippen LogP contribution in [0, 0.1) is 0 Å². The van der Waals surface area contributed by atoms with Crippen molar-refractivity contribution in [2.45, 2.75) is 26.4 Å². The van der Waals surface area contributed by atoms with Gasteiger partial charge in [0.15, 0.2) is 0 Å². The molecule has 0 heterocycles. The molecule has 2 rings (SSSR count). The van der Waals surface area contributed by atoms with Crippen LogP contribution in [0.25, 0.3) is 10.8 Å². The number of amides is 2. The first-order chi connectivity index (χ1) is 13.0. The Bertz CT molecular complexity index is 818. The Kier molecular flexibility index (Phi) is 7.76. The zero-order valence-electron chi connectivity index (χ0n) is 15.8. The van der Waals surface area contributed by atoms with Crippen molar-refractivity contribution < 1.29 is 19.1 Å². The lowest BCUT2D eigenvalue weighted by atomic mass is 10.0. The van der Waals surface area contributed by atoms with E-state index >= 15 is 0 Å². The molecule has 0 bridgehead atoms. The fraction of sp³-hybridized carbons (Fsp3) is 0.350. The number of hydrogen-bond acceptors (Lipinski definition) is 5. The first-order valence-corrected chi connectivity index (χ1v) is 8.81. The largest absolute Gasteiger partial charge is 0.496 e. The lowest BCUT2D eigenvalue weighted by molar-refractivity contribution is -0.139. The molecule has 2 N–H and O–H groups in total. The third kappa shape index (κ3) is 6.07. The van der Waals surface area contributed by atoms with Crippen molar-refractivity contribution >= 4 is 28.8 Å². The molecule has 2 amide bonds. The number of hydrazone groups is 1. The van der Waals surface area contributed by atoms with E-state index in [9.17, 15) is 9.59 Å². The number of nitrogens with one attached hydrogen (secondary N) is 2. The zero-order valence-corrected chi connectivity index (χ0v) is 15.8. The maximum atomic E-state index is 11.8. The number of carbonyl (C=O) groups excluding carboxylic acids is 2. The van der Waals surface area contributed by atoms with Crippen molar-refractivity contribution in [1.82, 2.24) is 10.7 Å². The molecule has 0 atom stereocenters. The molecule has 0 spiro atoms. The molecule has 0 aromatic heterocycles. The van der Waals surface area contributed by atoms with Crippen LogP contribution < -0.4 is 15.5 Å². The van der Waals surface area contributed by atoms with Crippen LogP contribution in [0.15, 0.2) is 41.5 Å². The molecule has 7 heteroatoms.